The van der Waals surface area contributed by atoms with Crippen LogP contribution in [0, 0.1) is 30.2 Å². The molecule has 0 atom stereocenters. The first-order chi connectivity index (χ1) is 8.43. The molecule has 0 bridgehead atoms. The molecule has 0 amide bonds. The van der Waals surface area contributed by atoms with E-state index in [1.165, 1.54) is 12.1 Å². The van der Waals surface area contributed by atoms with Gasteiger partial charge in [0.15, 0.2) is 23.3 Å². The second-order valence-corrected chi connectivity index (χ2v) is 3.62. The van der Waals surface area contributed by atoms with Crippen LogP contribution in [0.2, 0.25) is 0 Å². The molecule has 88 valence electrons. The van der Waals surface area contributed by atoms with Gasteiger partial charge in [-0.15, -0.1) is 0 Å². The van der Waals surface area contributed by atoms with E-state index in [2.05, 4.69) is 0 Å². The molecule has 0 N–H and O–H groups in total. The van der Waals surface area contributed by atoms with Crippen LogP contribution in [0.4, 0.5) is 17.6 Å². The average molecular weight is 241 g/mol. The predicted octanol–water partition coefficient (Wildman–Crippen LogP) is 4.22. The van der Waals surface area contributed by atoms with Gasteiger partial charge < -0.3 is 0 Å². The van der Waals surface area contributed by atoms with Crippen LogP contribution in [0.1, 0.15) is 6.93 Å². The summed E-state index contributed by atoms with van der Waals surface area (Å²) in [5, 5.41) is 0. The molecule has 0 unspecified atom stereocenters. The van der Waals surface area contributed by atoms with Crippen molar-refractivity contribution in [3.63, 3.8) is 0 Å². The van der Waals surface area contributed by atoms with Crippen LogP contribution in [0.15, 0.2) is 30.3 Å². The number of halogens is 4. The second kappa shape index (κ2) is 4.20. The van der Waals surface area contributed by atoms with Crippen molar-refractivity contribution in [2.24, 2.45) is 0 Å². The van der Waals surface area contributed by atoms with E-state index in [9.17, 15) is 17.6 Å². The van der Waals surface area contributed by atoms with Gasteiger partial charge in [-0.3, -0.25) is 0 Å². The van der Waals surface area contributed by atoms with Gasteiger partial charge >= 0.3 is 0 Å². The van der Waals surface area contributed by atoms with Crippen LogP contribution in [0.3, 0.4) is 0 Å². The quantitative estimate of drug-likeness (QED) is 0.518. The first kappa shape index (κ1) is 10.3. The molecule has 2 aromatic carbocycles. The average Bonchev–Trinajstić information content (AvgIpc) is 2.36. The zero-order valence-corrected chi connectivity index (χ0v) is 8.82. The molecule has 0 spiro atoms. The summed E-state index contributed by atoms with van der Waals surface area (Å²) in [7, 11) is 0. The Hall–Kier alpha value is -1.84. The van der Waals surface area contributed by atoms with E-state index in [4.69, 9.17) is 1.37 Å². The minimum Gasteiger partial charge on any atom is -0.204 e. The summed E-state index contributed by atoms with van der Waals surface area (Å²) in [6.07, 6.45) is 0. The highest BCUT2D eigenvalue weighted by Gasteiger charge is 2.20. The summed E-state index contributed by atoms with van der Waals surface area (Å²) >= 11 is 0. The molecule has 0 aliphatic carbocycles. The minimum atomic E-state index is -1.69. The van der Waals surface area contributed by atoms with Crippen LogP contribution in [-0.2, 0) is 0 Å². The Morgan fingerprint density at radius 3 is 1.82 bits per heavy atom. The zero-order valence-electron chi connectivity index (χ0n) is 9.82. The van der Waals surface area contributed by atoms with E-state index in [1.54, 1.807) is 19.1 Å². The first-order valence-electron chi connectivity index (χ1n) is 5.33. The molecule has 2 aromatic rings. The lowest BCUT2D eigenvalue weighted by Gasteiger charge is -2.07. The lowest BCUT2D eigenvalue weighted by atomic mass is 10.0. The summed E-state index contributed by atoms with van der Waals surface area (Å²) in [5.41, 5.74) is 0.0759. The van der Waals surface area contributed by atoms with Gasteiger partial charge in [0, 0.05) is 6.04 Å². The topological polar surface area (TPSA) is 0 Å². The van der Waals surface area contributed by atoms with Crippen LogP contribution >= 0.6 is 0 Å². The molecule has 0 aromatic heterocycles. The van der Waals surface area contributed by atoms with Crippen molar-refractivity contribution < 1.29 is 18.9 Å². The second-order valence-electron chi connectivity index (χ2n) is 3.62. The predicted molar refractivity (Wildman–Crippen MR) is 56.4 cm³/mol. The standard InChI is InChI=1S/C13H8F4/c1-7-2-4-8(5-3-7)11-12(16)9(14)6-10(15)13(11)17/h2-6H,1H3/i6D. The Morgan fingerprint density at radius 2 is 1.35 bits per heavy atom. The van der Waals surface area contributed by atoms with E-state index < -0.39 is 34.9 Å². The van der Waals surface area contributed by atoms with E-state index in [0.717, 1.165) is 5.56 Å². The Labute approximate surface area is 96.9 Å². The van der Waals surface area contributed by atoms with Gasteiger partial charge in [-0.05, 0) is 12.5 Å². The lowest BCUT2D eigenvalue weighted by molar-refractivity contribution is 0.458. The third-order valence-electron chi connectivity index (χ3n) is 2.38. The highest BCUT2D eigenvalue weighted by atomic mass is 19.2. The molecule has 0 saturated carbocycles. The van der Waals surface area contributed by atoms with Crippen molar-refractivity contribution in [1.29, 1.82) is 0 Å². The van der Waals surface area contributed by atoms with Gasteiger partial charge in [0.2, 0.25) is 0 Å². The van der Waals surface area contributed by atoms with E-state index in [-0.39, 0.29) is 5.56 Å². The van der Waals surface area contributed by atoms with Crippen molar-refractivity contribution in [3.8, 4) is 11.1 Å². The normalized spacial score (nSPS) is 11.5. The van der Waals surface area contributed by atoms with Crippen LogP contribution in [0.5, 0.6) is 0 Å². The summed E-state index contributed by atoms with van der Waals surface area (Å²) < 4.78 is 60.5. The van der Waals surface area contributed by atoms with Crippen molar-refractivity contribution >= 4 is 0 Å². The molecular weight excluding hydrogens is 232 g/mol. The van der Waals surface area contributed by atoms with Gasteiger partial charge in [0.25, 0.3) is 0 Å². The molecule has 0 aliphatic heterocycles. The fraction of sp³-hybridized carbons (Fsp3) is 0.0769. The monoisotopic (exact) mass is 241 g/mol. The summed E-state index contributed by atoms with van der Waals surface area (Å²) in [6, 6.07) is 4.46. The molecule has 0 heterocycles. The lowest BCUT2D eigenvalue weighted by Crippen LogP contribution is -1.98. The van der Waals surface area contributed by atoms with Crippen LogP contribution in [0.25, 0.3) is 11.1 Å². The Balaban J connectivity index is 2.75. The number of hydrogen-bond donors (Lipinski definition) is 0. The van der Waals surface area contributed by atoms with Gasteiger partial charge in [0.1, 0.15) is 0 Å². The van der Waals surface area contributed by atoms with Gasteiger partial charge in [0.05, 0.1) is 6.93 Å². The number of rotatable bonds is 1. The maximum atomic E-state index is 13.6. The summed E-state index contributed by atoms with van der Waals surface area (Å²) in [6.45, 7) is 1.77. The molecule has 0 aliphatic rings. The molecule has 0 fully saturated rings. The smallest absolute Gasteiger partial charge is 0.169 e. The number of hydrogen-bond acceptors (Lipinski definition) is 0. The molecule has 0 saturated heterocycles. The van der Waals surface area contributed by atoms with Crippen molar-refractivity contribution in [2.45, 2.75) is 6.92 Å². The first-order valence-corrected chi connectivity index (χ1v) is 4.83. The SMILES string of the molecule is [2H]c1c(F)c(F)c(-c2ccc(C)cc2)c(F)c1F. The summed E-state index contributed by atoms with van der Waals surface area (Å²) in [5.74, 6) is -6.49. The Kier molecular flexibility index (Phi) is 2.55. The van der Waals surface area contributed by atoms with E-state index in [0.29, 0.717) is 0 Å². The van der Waals surface area contributed by atoms with Gasteiger partial charge in [-0.2, -0.15) is 0 Å². The third kappa shape index (κ3) is 2.02. The third-order valence-corrected chi connectivity index (χ3v) is 2.38. The molecule has 0 nitrogen and oxygen atoms in total. The van der Waals surface area contributed by atoms with Crippen molar-refractivity contribution in [1.82, 2.24) is 0 Å². The maximum Gasteiger partial charge on any atom is 0.169 e. The maximum absolute atomic E-state index is 13.6. The largest absolute Gasteiger partial charge is 0.204 e. The van der Waals surface area contributed by atoms with Crippen LogP contribution in [-0.4, -0.2) is 0 Å². The molecule has 17 heavy (non-hydrogen) atoms. The van der Waals surface area contributed by atoms with Gasteiger partial charge in [-0.25, -0.2) is 17.6 Å². The van der Waals surface area contributed by atoms with E-state index >= 15 is 0 Å². The summed E-state index contributed by atoms with van der Waals surface area (Å²) in [4.78, 5) is 0. The number of aryl methyl sites for hydroxylation is 1. The number of benzene rings is 2. The zero-order chi connectivity index (χ0) is 13.4. The highest BCUT2D eigenvalue weighted by molar-refractivity contribution is 5.65. The minimum absolute atomic E-state index is 0.0217. The Bertz CT molecular complexity index is 576. The molecule has 0 radical (unpaired) electrons. The van der Waals surface area contributed by atoms with Crippen molar-refractivity contribution in [3.05, 3.63) is 59.1 Å². The fourth-order valence-corrected chi connectivity index (χ4v) is 1.50. The van der Waals surface area contributed by atoms with Crippen molar-refractivity contribution in [2.75, 3.05) is 0 Å². The van der Waals surface area contributed by atoms with Crippen LogP contribution < -0.4 is 0 Å². The highest BCUT2D eigenvalue weighted by Crippen LogP contribution is 2.29. The fourth-order valence-electron chi connectivity index (χ4n) is 1.50. The molecular formula is C13H8F4. The van der Waals surface area contributed by atoms with Gasteiger partial charge in [-0.1, -0.05) is 29.8 Å². The van der Waals surface area contributed by atoms with E-state index in [1.807, 2.05) is 0 Å². The Morgan fingerprint density at radius 1 is 0.882 bits per heavy atom. The molecule has 4 heteroatoms. The molecule has 2 rings (SSSR count).